The Balaban J connectivity index is 1.93. The number of nitrogens with two attached hydrogens (primary N) is 1. The molecule has 1 saturated carbocycles. The maximum Gasteiger partial charge on any atom is 0.316 e. The lowest BCUT2D eigenvalue weighted by molar-refractivity contribution is 0.179. The van der Waals surface area contributed by atoms with Crippen molar-refractivity contribution in [3.63, 3.8) is 0 Å². The van der Waals surface area contributed by atoms with Gasteiger partial charge in [-0.05, 0) is 43.0 Å². The van der Waals surface area contributed by atoms with Gasteiger partial charge in [0.1, 0.15) is 0 Å². The SMILES string of the molecule is COCC(Nc1ccc(NC(N)=O)cc1)C1CC1. The highest BCUT2D eigenvalue weighted by molar-refractivity contribution is 5.87. The molecule has 0 aromatic heterocycles. The maximum atomic E-state index is 10.7. The zero-order valence-electron chi connectivity index (χ0n) is 10.5. The van der Waals surface area contributed by atoms with Crippen LogP contribution in [0.1, 0.15) is 12.8 Å². The van der Waals surface area contributed by atoms with Crippen LogP contribution in [0.2, 0.25) is 0 Å². The highest BCUT2D eigenvalue weighted by atomic mass is 16.5. The molecule has 0 aliphatic heterocycles. The van der Waals surface area contributed by atoms with E-state index in [2.05, 4.69) is 10.6 Å². The molecule has 5 nitrogen and oxygen atoms in total. The Morgan fingerprint density at radius 3 is 2.50 bits per heavy atom. The van der Waals surface area contributed by atoms with Gasteiger partial charge in [0.05, 0.1) is 12.6 Å². The van der Waals surface area contributed by atoms with Crippen LogP contribution in [0.25, 0.3) is 0 Å². The van der Waals surface area contributed by atoms with Crippen molar-refractivity contribution in [2.24, 2.45) is 11.7 Å². The third-order valence-corrected chi connectivity index (χ3v) is 3.04. The van der Waals surface area contributed by atoms with Crippen molar-refractivity contribution in [2.75, 3.05) is 24.4 Å². The molecule has 0 bridgehead atoms. The Labute approximate surface area is 107 Å². The van der Waals surface area contributed by atoms with E-state index in [0.717, 1.165) is 5.69 Å². The van der Waals surface area contributed by atoms with Gasteiger partial charge < -0.3 is 21.1 Å². The van der Waals surface area contributed by atoms with Gasteiger partial charge in [0.15, 0.2) is 0 Å². The average molecular weight is 249 g/mol. The van der Waals surface area contributed by atoms with Gasteiger partial charge in [0, 0.05) is 18.5 Å². The van der Waals surface area contributed by atoms with E-state index in [1.54, 1.807) is 7.11 Å². The first-order valence-electron chi connectivity index (χ1n) is 6.11. The third kappa shape index (κ3) is 3.63. The first-order valence-corrected chi connectivity index (χ1v) is 6.11. The van der Waals surface area contributed by atoms with Gasteiger partial charge in [-0.2, -0.15) is 0 Å². The highest BCUT2D eigenvalue weighted by Gasteiger charge is 2.30. The normalized spacial score (nSPS) is 16.1. The highest BCUT2D eigenvalue weighted by Crippen LogP contribution is 2.34. The number of primary amides is 1. The molecular formula is C13H19N3O2. The monoisotopic (exact) mass is 249 g/mol. The Morgan fingerprint density at radius 2 is 2.00 bits per heavy atom. The summed E-state index contributed by atoms with van der Waals surface area (Å²) >= 11 is 0. The molecule has 0 saturated heterocycles. The van der Waals surface area contributed by atoms with Gasteiger partial charge in [-0.1, -0.05) is 0 Å². The van der Waals surface area contributed by atoms with Gasteiger partial charge in [0.25, 0.3) is 0 Å². The summed E-state index contributed by atoms with van der Waals surface area (Å²) in [6, 6.07) is 7.32. The van der Waals surface area contributed by atoms with Crippen molar-refractivity contribution in [2.45, 2.75) is 18.9 Å². The summed E-state index contributed by atoms with van der Waals surface area (Å²) in [4.78, 5) is 10.7. The number of anilines is 2. The van der Waals surface area contributed by atoms with E-state index < -0.39 is 6.03 Å². The number of hydrogen-bond acceptors (Lipinski definition) is 3. The van der Waals surface area contributed by atoms with Gasteiger partial charge >= 0.3 is 6.03 Å². The van der Waals surface area contributed by atoms with Gasteiger partial charge in [0.2, 0.25) is 0 Å². The fourth-order valence-corrected chi connectivity index (χ4v) is 1.98. The van der Waals surface area contributed by atoms with E-state index in [0.29, 0.717) is 24.3 Å². The molecule has 0 heterocycles. The second-order valence-electron chi connectivity index (χ2n) is 4.61. The second kappa shape index (κ2) is 5.73. The molecule has 0 spiro atoms. The topological polar surface area (TPSA) is 76.4 Å². The Kier molecular flexibility index (Phi) is 4.04. The van der Waals surface area contributed by atoms with Crippen LogP contribution in [0.3, 0.4) is 0 Å². The predicted molar refractivity (Wildman–Crippen MR) is 71.7 cm³/mol. The Hall–Kier alpha value is -1.75. The summed E-state index contributed by atoms with van der Waals surface area (Å²) < 4.78 is 5.22. The van der Waals surface area contributed by atoms with Crippen LogP contribution in [0.15, 0.2) is 24.3 Å². The quantitative estimate of drug-likeness (QED) is 0.721. The van der Waals surface area contributed by atoms with E-state index in [-0.39, 0.29) is 0 Å². The number of carbonyl (C=O) groups is 1. The van der Waals surface area contributed by atoms with Crippen LogP contribution >= 0.6 is 0 Å². The molecule has 1 aliphatic carbocycles. The van der Waals surface area contributed by atoms with Crippen LogP contribution < -0.4 is 16.4 Å². The van der Waals surface area contributed by atoms with E-state index in [1.165, 1.54) is 12.8 Å². The number of nitrogens with one attached hydrogen (secondary N) is 2. The van der Waals surface area contributed by atoms with Gasteiger partial charge in [-0.25, -0.2) is 4.79 Å². The molecule has 1 fully saturated rings. The summed E-state index contributed by atoms with van der Waals surface area (Å²) in [6.07, 6.45) is 2.53. The average Bonchev–Trinajstić information content (AvgIpc) is 3.14. The smallest absolute Gasteiger partial charge is 0.316 e. The second-order valence-corrected chi connectivity index (χ2v) is 4.61. The largest absolute Gasteiger partial charge is 0.383 e. The van der Waals surface area contributed by atoms with E-state index in [1.807, 2.05) is 24.3 Å². The van der Waals surface area contributed by atoms with Crippen molar-refractivity contribution in [3.05, 3.63) is 24.3 Å². The third-order valence-electron chi connectivity index (χ3n) is 3.04. The molecule has 98 valence electrons. The molecule has 1 aromatic rings. The summed E-state index contributed by atoms with van der Waals surface area (Å²) in [5, 5.41) is 5.99. The summed E-state index contributed by atoms with van der Waals surface area (Å²) in [5.74, 6) is 0.716. The van der Waals surface area contributed by atoms with Crippen LogP contribution in [0, 0.1) is 5.92 Å². The van der Waals surface area contributed by atoms with Gasteiger partial charge in [-0.3, -0.25) is 0 Å². The Bertz CT molecular complexity index is 401. The lowest BCUT2D eigenvalue weighted by atomic mass is 10.2. The molecule has 1 unspecified atom stereocenters. The first kappa shape index (κ1) is 12.7. The standard InChI is InChI=1S/C13H19N3O2/c1-18-8-12(9-2-3-9)15-10-4-6-11(7-5-10)16-13(14)17/h4-7,9,12,15H,2-3,8H2,1H3,(H3,14,16,17). The minimum absolute atomic E-state index is 0.366. The van der Waals surface area contributed by atoms with Crippen LogP contribution in [-0.4, -0.2) is 25.8 Å². The van der Waals surface area contributed by atoms with Crippen LogP contribution in [0.4, 0.5) is 16.2 Å². The molecule has 0 radical (unpaired) electrons. The fourth-order valence-electron chi connectivity index (χ4n) is 1.98. The number of benzene rings is 1. The molecular weight excluding hydrogens is 230 g/mol. The summed E-state index contributed by atoms with van der Waals surface area (Å²) in [7, 11) is 1.72. The van der Waals surface area contributed by atoms with E-state index >= 15 is 0 Å². The van der Waals surface area contributed by atoms with Crippen molar-refractivity contribution in [3.8, 4) is 0 Å². The molecule has 1 aromatic carbocycles. The van der Waals surface area contributed by atoms with Crippen molar-refractivity contribution >= 4 is 17.4 Å². The minimum atomic E-state index is -0.550. The lowest BCUT2D eigenvalue weighted by Crippen LogP contribution is -2.27. The van der Waals surface area contributed by atoms with E-state index in [4.69, 9.17) is 10.5 Å². The molecule has 5 heteroatoms. The maximum absolute atomic E-state index is 10.7. The number of methoxy groups -OCH3 is 1. The Morgan fingerprint density at radius 1 is 1.39 bits per heavy atom. The molecule has 18 heavy (non-hydrogen) atoms. The van der Waals surface area contributed by atoms with Gasteiger partial charge in [-0.15, -0.1) is 0 Å². The number of rotatable bonds is 6. The van der Waals surface area contributed by atoms with Crippen molar-refractivity contribution < 1.29 is 9.53 Å². The lowest BCUT2D eigenvalue weighted by Gasteiger charge is -2.18. The zero-order chi connectivity index (χ0) is 13.0. The number of hydrogen-bond donors (Lipinski definition) is 3. The molecule has 2 amide bonds. The molecule has 1 aliphatic rings. The molecule has 1 atom stereocenters. The minimum Gasteiger partial charge on any atom is -0.383 e. The molecule has 2 rings (SSSR count). The first-order chi connectivity index (χ1) is 8.69. The summed E-state index contributed by atoms with van der Waals surface area (Å²) in [6.45, 7) is 0.714. The predicted octanol–water partition coefficient (Wildman–Crippen LogP) is 2.01. The summed E-state index contributed by atoms with van der Waals surface area (Å²) in [5.41, 5.74) is 6.77. The van der Waals surface area contributed by atoms with Crippen LogP contribution in [0.5, 0.6) is 0 Å². The fraction of sp³-hybridized carbons (Fsp3) is 0.462. The van der Waals surface area contributed by atoms with E-state index in [9.17, 15) is 4.79 Å². The number of urea groups is 1. The molecule has 4 N–H and O–H groups in total. The van der Waals surface area contributed by atoms with Crippen LogP contribution in [-0.2, 0) is 4.74 Å². The number of ether oxygens (including phenoxy) is 1. The van der Waals surface area contributed by atoms with Crippen molar-refractivity contribution in [1.29, 1.82) is 0 Å². The number of carbonyl (C=O) groups excluding carboxylic acids is 1. The zero-order valence-corrected chi connectivity index (χ0v) is 10.5. The van der Waals surface area contributed by atoms with Crippen molar-refractivity contribution in [1.82, 2.24) is 0 Å². The number of amides is 2.